The first kappa shape index (κ1) is 17.2. The van der Waals surface area contributed by atoms with E-state index >= 15 is 0 Å². The fraction of sp³-hybridized carbons (Fsp3) is 0.368. The minimum Gasteiger partial charge on any atom is -0.465 e. The zero-order valence-corrected chi connectivity index (χ0v) is 15.8. The van der Waals surface area contributed by atoms with E-state index in [1.165, 1.54) is 0 Å². The topological polar surface area (TPSA) is 55.4 Å². The normalized spacial score (nSPS) is 23.6. The number of benzene rings is 1. The molecule has 0 fully saturated rings. The van der Waals surface area contributed by atoms with Crippen LogP contribution < -0.4 is 5.32 Å². The molecule has 2 unspecified atom stereocenters. The van der Waals surface area contributed by atoms with Gasteiger partial charge in [-0.25, -0.2) is 0 Å². The van der Waals surface area contributed by atoms with E-state index in [9.17, 15) is 9.59 Å². The van der Waals surface area contributed by atoms with E-state index in [2.05, 4.69) is 34.5 Å². The van der Waals surface area contributed by atoms with Crippen LogP contribution in [0.5, 0.6) is 0 Å². The van der Waals surface area contributed by atoms with Gasteiger partial charge in [0, 0.05) is 32.9 Å². The highest BCUT2D eigenvalue weighted by molar-refractivity contribution is 14.1. The van der Waals surface area contributed by atoms with Crippen molar-refractivity contribution >= 4 is 34.3 Å². The molecular formula is C19H20INO3. The largest absolute Gasteiger partial charge is 0.465 e. The number of ketones is 1. The lowest BCUT2D eigenvalue weighted by atomic mass is 9.71. The molecule has 1 aliphatic heterocycles. The number of nitrogens with one attached hydrogen (secondary N) is 1. The molecule has 1 aromatic rings. The Bertz CT molecular complexity index is 738. The van der Waals surface area contributed by atoms with E-state index in [1.54, 1.807) is 6.92 Å². The number of halogens is 1. The maximum atomic E-state index is 12.6. The van der Waals surface area contributed by atoms with Crippen molar-refractivity contribution in [2.45, 2.75) is 32.1 Å². The van der Waals surface area contributed by atoms with Gasteiger partial charge in [0.15, 0.2) is 5.78 Å². The van der Waals surface area contributed by atoms with E-state index in [-0.39, 0.29) is 17.7 Å². The van der Waals surface area contributed by atoms with Crippen molar-refractivity contribution in [1.29, 1.82) is 0 Å². The van der Waals surface area contributed by atoms with E-state index in [0.717, 1.165) is 33.2 Å². The highest BCUT2D eigenvalue weighted by Crippen LogP contribution is 2.44. The van der Waals surface area contributed by atoms with Crippen LogP contribution in [0.15, 0.2) is 47.8 Å². The number of hydrogen-bond acceptors (Lipinski definition) is 4. The van der Waals surface area contributed by atoms with Crippen LogP contribution in [-0.2, 0) is 14.3 Å². The lowest BCUT2D eigenvalue weighted by Gasteiger charge is -2.38. The monoisotopic (exact) mass is 437 g/mol. The molecule has 2 atom stereocenters. The van der Waals surface area contributed by atoms with Gasteiger partial charge in [-0.05, 0) is 60.1 Å². The first-order chi connectivity index (χ1) is 11.5. The first-order valence-corrected chi connectivity index (χ1v) is 9.25. The molecule has 3 rings (SSSR count). The third kappa shape index (κ3) is 3.14. The number of allylic oxidation sites excluding steroid dienone is 2. The summed E-state index contributed by atoms with van der Waals surface area (Å²) in [6.45, 7) is 6.15. The lowest BCUT2D eigenvalue weighted by Crippen LogP contribution is -2.41. The highest BCUT2D eigenvalue weighted by Gasteiger charge is 2.43. The van der Waals surface area contributed by atoms with Gasteiger partial charge in [0.05, 0.1) is 6.61 Å². The van der Waals surface area contributed by atoms with Crippen molar-refractivity contribution in [1.82, 2.24) is 5.32 Å². The van der Waals surface area contributed by atoms with E-state index in [0.29, 0.717) is 18.7 Å². The van der Waals surface area contributed by atoms with Crippen LogP contribution in [0.1, 0.15) is 37.7 Å². The second-order valence-corrected chi connectivity index (χ2v) is 7.33. The third-order valence-electron chi connectivity index (χ3n) is 4.54. The average Bonchev–Trinajstić information content (AvgIpc) is 2.54. The molecule has 2 aliphatic rings. The smallest absolute Gasteiger partial charge is 0.315 e. The predicted octanol–water partition coefficient (Wildman–Crippen LogP) is 3.68. The Balaban J connectivity index is 2.15. The summed E-state index contributed by atoms with van der Waals surface area (Å²) in [5, 5.41) is 3.21. The van der Waals surface area contributed by atoms with Crippen LogP contribution in [0, 0.1) is 9.49 Å². The van der Waals surface area contributed by atoms with Crippen LogP contribution in [0.2, 0.25) is 0 Å². The molecule has 1 aliphatic carbocycles. The molecule has 4 nitrogen and oxygen atoms in total. The Kier molecular flexibility index (Phi) is 5.08. The Morgan fingerprint density at radius 2 is 2.21 bits per heavy atom. The van der Waals surface area contributed by atoms with E-state index in [4.69, 9.17) is 4.74 Å². The average molecular weight is 437 g/mol. The Morgan fingerprint density at radius 1 is 1.42 bits per heavy atom. The van der Waals surface area contributed by atoms with Gasteiger partial charge in [-0.15, -0.1) is 0 Å². The highest BCUT2D eigenvalue weighted by atomic mass is 127. The maximum Gasteiger partial charge on any atom is 0.315 e. The zero-order valence-electron chi connectivity index (χ0n) is 13.6. The van der Waals surface area contributed by atoms with Crippen LogP contribution in [0.25, 0.3) is 0 Å². The molecule has 0 spiro atoms. The van der Waals surface area contributed by atoms with Gasteiger partial charge < -0.3 is 10.1 Å². The minimum absolute atomic E-state index is 0.120. The quantitative estimate of drug-likeness (QED) is 0.579. The number of Topliss-reactive ketones (excluding diaryl/α,β-unsaturated/α-hetero) is 1. The molecule has 0 bridgehead atoms. The van der Waals surface area contributed by atoms with Crippen LogP contribution in [0.3, 0.4) is 0 Å². The summed E-state index contributed by atoms with van der Waals surface area (Å²) < 4.78 is 6.34. The Morgan fingerprint density at radius 3 is 2.92 bits per heavy atom. The lowest BCUT2D eigenvalue weighted by molar-refractivity contribution is -0.147. The fourth-order valence-corrected chi connectivity index (χ4v) is 4.13. The number of ether oxygens (including phenoxy) is 1. The van der Waals surface area contributed by atoms with Gasteiger partial charge in [0.2, 0.25) is 0 Å². The van der Waals surface area contributed by atoms with Gasteiger partial charge in [0.25, 0.3) is 0 Å². The minimum atomic E-state index is -0.580. The van der Waals surface area contributed by atoms with Crippen molar-refractivity contribution in [3.05, 3.63) is 56.9 Å². The molecule has 0 aromatic heterocycles. The van der Waals surface area contributed by atoms with Gasteiger partial charge in [0.1, 0.15) is 5.92 Å². The second kappa shape index (κ2) is 7.09. The summed E-state index contributed by atoms with van der Waals surface area (Å²) in [5.41, 5.74) is 3.23. The predicted molar refractivity (Wildman–Crippen MR) is 100 cm³/mol. The molecule has 0 amide bonds. The van der Waals surface area contributed by atoms with E-state index in [1.807, 2.05) is 24.3 Å². The van der Waals surface area contributed by atoms with Gasteiger partial charge in [-0.3, -0.25) is 9.59 Å². The standard InChI is InChI=1S/C19H20INO3/c1-3-24-19(23)16-11(2)21-14-8-5-9-15(22)18(14)17(16)12-6-4-7-13(20)10-12/h4,6-7,10,16-17,21H,2-3,5,8-9H2,1H3. The molecule has 1 heterocycles. The molecule has 0 saturated heterocycles. The summed E-state index contributed by atoms with van der Waals surface area (Å²) in [5.74, 6) is -1.11. The van der Waals surface area contributed by atoms with E-state index < -0.39 is 5.92 Å². The number of carbonyl (C=O) groups excluding carboxylic acids is 2. The molecule has 0 saturated carbocycles. The Labute approximate surface area is 155 Å². The van der Waals surface area contributed by atoms with Gasteiger partial charge in [-0.1, -0.05) is 18.7 Å². The summed E-state index contributed by atoms with van der Waals surface area (Å²) in [4.78, 5) is 25.2. The SMILES string of the molecule is C=C1NC2=C(C(=O)CCC2)C(c2cccc(I)c2)C1C(=O)OCC. The first-order valence-electron chi connectivity index (χ1n) is 8.17. The van der Waals surface area contributed by atoms with Crippen LogP contribution >= 0.6 is 22.6 Å². The number of rotatable bonds is 3. The van der Waals surface area contributed by atoms with Crippen molar-refractivity contribution in [2.24, 2.45) is 5.92 Å². The molecule has 1 N–H and O–H groups in total. The number of hydrogen-bond donors (Lipinski definition) is 1. The molecule has 24 heavy (non-hydrogen) atoms. The summed E-state index contributed by atoms with van der Waals surface area (Å²) >= 11 is 2.25. The van der Waals surface area contributed by atoms with Crippen molar-refractivity contribution in [3.8, 4) is 0 Å². The molecule has 1 aromatic carbocycles. The van der Waals surface area contributed by atoms with Crippen LogP contribution in [0.4, 0.5) is 0 Å². The maximum absolute atomic E-state index is 12.6. The fourth-order valence-electron chi connectivity index (χ4n) is 3.56. The second-order valence-electron chi connectivity index (χ2n) is 6.08. The summed E-state index contributed by atoms with van der Waals surface area (Å²) in [6, 6.07) is 7.96. The molecule has 126 valence electrons. The third-order valence-corrected chi connectivity index (χ3v) is 5.21. The summed E-state index contributed by atoms with van der Waals surface area (Å²) in [6.07, 6.45) is 2.18. The van der Waals surface area contributed by atoms with Crippen LogP contribution in [-0.4, -0.2) is 18.4 Å². The molecular weight excluding hydrogens is 417 g/mol. The Hall–Kier alpha value is -1.63. The summed E-state index contributed by atoms with van der Waals surface area (Å²) in [7, 11) is 0. The zero-order chi connectivity index (χ0) is 17.3. The van der Waals surface area contributed by atoms with Gasteiger partial charge in [-0.2, -0.15) is 0 Å². The van der Waals surface area contributed by atoms with Crippen molar-refractivity contribution in [2.75, 3.05) is 6.61 Å². The number of esters is 1. The molecule has 5 heteroatoms. The van der Waals surface area contributed by atoms with Crippen molar-refractivity contribution in [3.63, 3.8) is 0 Å². The van der Waals surface area contributed by atoms with Gasteiger partial charge >= 0.3 is 5.97 Å². The number of carbonyl (C=O) groups is 2. The molecule has 0 radical (unpaired) electrons. The van der Waals surface area contributed by atoms with Crippen molar-refractivity contribution < 1.29 is 14.3 Å².